The third kappa shape index (κ3) is 4.85. The van der Waals surface area contributed by atoms with Crippen molar-refractivity contribution < 1.29 is 14.3 Å². The zero-order chi connectivity index (χ0) is 14.3. The quantitative estimate of drug-likeness (QED) is 0.358. The highest BCUT2D eigenvalue weighted by Crippen LogP contribution is 2.34. The van der Waals surface area contributed by atoms with Gasteiger partial charge < -0.3 is 14.3 Å². The molecule has 1 heterocycles. The summed E-state index contributed by atoms with van der Waals surface area (Å²) in [7, 11) is -1.57. The van der Waals surface area contributed by atoms with Crippen LogP contribution in [-0.4, -0.2) is 38.3 Å². The zero-order valence-corrected chi connectivity index (χ0v) is 14.2. The van der Waals surface area contributed by atoms with Gasteiger partial charge in [0.1, 0.15) is 12.2 Å². The van der Waals surface area contributed by atoms with Crippen LogP contribution in [0.1, 0.15) is 53.4 Å². The van der Waals surface area contributed by atoms with Gasteiger partial charge in [-0.2, -0.15) is 0 Å². The van der Waals surface area contributed by atoms with E-state index in [0.29, 0.717) is 0 Å². The van der Waals surface area contributed by atoms with Gasteiger partial charge in [0.05, 0.1) is 12.7 Å². The molecule has 0 aliphatic carbocycles. The van der Waals surface area contributed by atoms with E-state index in [-0.39, 0.29) is 24.9 Å². The Labute approximate surface area is 119 Å². The zero-order valence-electron chi connectivity index (χ0n) is 13.2. The lowest BCUT2D eigenvalue weighted by Crippen LogP contribution is -2.42. The first kappa shape index (κ1) is 17.1. The second-order valence-corrected chi connectivity index (χ2v) is 10.4. The predicted molar refractivity (Wildman–Crippen MR) is 82.0 cm³/mol. The van der Waals surface area contributed by atoms with Gasteiger partial charge in [0.15, 0.2) is 8.32 Å². The van der Waals surface area contributed by atoms with Crippen molar-refractivity contribution in [2.45, 2.75) is 89.8 Å². The van der Waals surface area contributed by atoms with Gasteiger partial charge in [-0.25, -0.2) is 0 Å². The van der Waals surface area contributed by atoms with Crippen LogP contribution in [0, 0.1) is 0 Å². The summed E-state index contributed by atoms with van der Waals surface area (Å²) in [5.41, 5.74) is 0. The molecule has 1 N–H and O–H groups in total. The molecular weight excluding hydrogens is 256 g/mol. The van der Waals surface area contributed by atoms with Crippen molar-refractivity contribution in [3.63, 3.8) is 0 Å². The summed E-state index contributed by atoms with van der Waals surface area (Å²) in [6.07, 6.45) is 5.19. The van der Waals surface area contributed by atoms with E-state index in [1.807, 2.05) is 0 Å². The smallest absolute Gasteiger partial charge is 0.192 e. The molecule has 0 aromatic carbocycles. The maximum Gasteiger partial charge on any atom is 0.192 e. The second kappa shape index (κ2) is 8.40. The van der Waals surface area contributed by atoms with Crippen LogP contribution in [0.25, 0.3) is 0 Å². The summed E-state index contributed by atoms with van der Waals surface area (Å²) in [5.74, 6) is 0. The fraction of sp³-hybridized carbons (Fsp3) is 1.00. The fourth-order valence-electron chi connectivity index (χ4n) is 2.84. The third-order valence-electron chi connectivity index (χ3n) is 4.59. The van der Waals surface area contributed by atoms with Crippen LogP contribution in [0.2, 0.25) is 18.1 Å². The minimum atomic E-state index is -1.57. The molecule has 0 amide bonds. The van der Waals surface area contributed by atoms with E-state index in [9.17, 15) is 5.11 Å². The monoisotopic (exact) mass is 288 g/mol. The molecule has 0 aromatic rings. The Morgan fingerprint density at radius 1 is 1.11 bits per heavy atom. The van der Waals surface area contributed by atoms with E-state index in [1.54, 1.807) is 0 Å². The molecule has 0 unspecified atom stereocenters. The van der Waals surface area contributed by atoms with Gasteiger partial charge in [0.2, 0.25) is 0 Å². The standard InChI is InChI=1S/C15H32O3Si/c1-5-9-10-11-13(15-14(12-16)17-15)18-19(6-2,7-3)8-4/h13-16H,5-12H2,1-4H3/t13-,14+,15+/m1/s1. The number of hydrogen-bond donors (Lipinski definition) is 1. The first-order valence-electron chi connectivity index (χ1n) is 8.10. The fourth-order valence-corrected chi connectivity index (χ4v) is 5.73. The average Bonchev–Trinajstić information content (AvgIpc) is 3.23. The highest BCUT2D eigenvalue weighted by molar-refractivity contribution is 6.73. The van der Waals surface area contributed by atoms with Crippen molar-refractivity contribution >= 4 is 8.32 Å². The van der Waals surface area contributed by atoms with Crippen molar-refractivity contribution in [2.24, 2.45) is 0 Å². The molecule has 0 saturated carbocycles. The van der Waals surface area contributed by atoms with E-state index >= 15 is 0 Å². The van der Waals surface area contributed by atoms with Crippen molar-refractivity contribution in [3.8, 4) is 0 Å². The SMILES string of the molecule is CCCCC[C@@H](O[Si](CC)(CC)CC)[C@@H]1O[C@H]1CO. The molecular formula is C15H32O3Si. The topological polar surface area (TPSA) is 42.0 Å². The summed E-state index contributed by atoms with van der Waals surface area (Å²) in [4.78, 5) is 0. The Hall–Kier alpha value is 0.0969. The van der Waals surface area contributed by atoms with Crippen LogP contribution < -0.4 is 0 Å². The molecule has 4 heteroatoms. The largest absolute Gasteiger partial charge is 0.411 e. The first-order valence-corrected chi connectivity index (χ1v) is 10.6. The third-order valence-corrected chi connectivity index (χ3v) is 9.26. The van der Waals surface area contributed by atoms with Gasteiger partial charge in [-0.05, 0) is 24.6 Å². The van der Waals surface area contributed by atoms with Gasteiger partial charge in [0.25, 0.3) is 0 Å². The van der Waals surface area contributed by atoms with E-state index < -0.39 is 8.32 Å². The van der Waals surface area contributed by atoms with E-state index in [0.717, 1.165) is 6.42 Å². The van der Waals surface area contributed by atoms with Crippen LogP contribution in [0.4, 0.5) is 0 Å². The molecule has 1 aliphatic heterocycles. The summed E-state index contributed by atoms with van der Waals surface area (Å²) >= 11 is 0. The van der Waals surface area contributed by atoms with Gasteiger partial charge in [-0.1, -0.05) is 47.0 Å². The van der Waals surface area contributed by atoms with Crippen molar-refractivity contribution in [1.29, 1.82) is 0 Å². The predicted octanol–water partition coefficient (Wildman–Crippen LogP) is 3.72. The lowest BCUT2D eigenvalue weighted by molar-refractivity contribution is 0.135. The Morgan fingerprint density at radius 3 is 2.16 bits per heavy atom. The molecule has 3 atom stereocenters. The Morgan fingerprint density at radius 2 is 1.74 bits per heavy atom. The number of aliphatic hydroxyl groups is 1. The van der Waals surface area contributed by atoms with Crippen molar-refractivity contribution in [3.05, 3.63) is 0 Å². The lowest BCUT2D eigenvalue weighted by Gasteiger charge is -2.33. The number of epoxide rings is 1. The Kier molecular flexibility index (Phi) is 7.58. The number of rotatable bonds is 11. The maximum absolute atomic E-state index is 9.20. The molecule has 1 fully saturated rings. The summed E-state index contributed by atoms with van der Waals surface area (Å²) < 4.78 is 12.2. The minimum absolute atomic E-state index is 0.0314. The molecule has 0 spiro atoms. The van der Waals surface area contributed by atoms with Gasteiger partial charge in [-0.3, -0.25) is 0 Å². The Bertz CT molecular complexity index is 235. The van der Waals surface area contributed by atoms with E-state index in [1.165, 1.54) is 37.4 Å². The second-order valence-electron chi connectivity index (χ2n) is 5.72. The van der Waals surface area contributed by atoms with Crippen LogP contribution in [0.5, 0.6) is 0 Å². The Balaban J connectivity index is 2.57. The minimum Gasteiger partial charge on any atom is -0.411 e. The molecule has 114 valence electrons. The van der Waals surface area contributed by atoms with Crippen LogP contribution >= 0.6 is 0 Å². The van der Waals surface area contributed by atoms with Crippen molar-refractivity contribution in [1.82, 2.24) is 0 Å². The molecule has 1 saturated heterocycles. The summed E-state index contributed by atoms with van der Waals surface area (Å²) in [5, 5.41) is 9.20. The van der Waals surface area contributed by atoms with Crippen LogP contribution in [0.15, 0.2) is 0 Å². The molecule has 1 rings (SSSR count). The summed E-state index contributed by atoms with van der Waals surface area (Å²) in [6.45, 7) is 9.15. The number of hydrogen-bond acceptors (Lipinski definition) is 3. The number of ether oxygens (including phenoxy) is 1. The van der Waals surface area contributed by atoms with Crippen LogP contribution in [-0.2, 0) is 9.16 Å². The molecule has 0 bridgehead atoms. The molecule has 1 aliphatic rings. The number of aliphatic hydroxyl groups excluding tert-OH is 1. The van der Waals surface area contributed by atoms with E-state index in [4.69, 9.17) is 9.16 Å². The molecule has 0 radical (unpaired) electrons. The van der Waals surface area contributed by atoms with Crippen molar-refractivity contribution in [2.75, 3.05) is 6.61 Å². The average molecular weight is 289 g/mol. The van der Waals surface area contributed by atoms with Gasteiger partial charge in [-0.15, -0.1) is 0 Å². The summed E-state index contributed by atoms with van der Waals surface area (Å²) in [6, 6.07) is 3.54. The normalized spacial score (nSPS) is 24.5. The van der Waals surface area contributed by atoms with Crippen LogP contribution in [0.3, 0.4) is 0 Å². The van der Waals surface area contributed by atoms with Gasteiger partial charge in [0, 0.05) is 0 Å². The van der Waals surface area contributed by atoms with Gasteiger partial charge >= 0.3 is 0 Å². The first-order chi connectivity index (χ1) is 9.16. The maximum atomic E-state index is 9.20. The highest BCUT2D eigenvalue weighted by atomic mass is 28.4. The lowest BCUT2D eigenvalue weighted by atomic mass is 10.1. The highest BCUT2D eigenvalue weighted by Gasteiger charge is 2.47. The molecule has 0 aromatic heterocycles. The van der Waals surface area contributed by atoms with E-state index in [2.05, 4.69) is 27.7 Å². The molecule has 19 heavy (non-hydrogen) atoms. The number of unbranched alkanes of at least 4 members (excludes halogenated alkanes) is 2. The molecule has 3 nitrogen and oxygen atoms in total.